The molecule has 1 amide bonds. The number of unbranched alkanes of at least 4 members (excludes halogenated alkanes) is 1. The van der Waals surface area contributed by atoms with Crippen LogP contribution in [0, 0.1) is 0 Å². The maximum atomic E-state index is 12.7. The lowest BCUT2D eigenvalue weighted by molar-refractivity contribution is 0.0707. The maximum Gasteiger partial charge on any atom is 0.254 e. The Balaban J connectivity index is 2.13. The highest BCUT2D eigenvalue weighted by atomic mass is 35.5. The smallest absolute Gasteiger partial charge is 0.254 e. The Kier molecular flexibility index (Phi) is 7.18. The van der Waals surface area contributed by atoms with Gasteiger partial charge in [0.1, 0.15) is 0 Å². The van der Waals surface area contributed by atoms with E-state index in [-0.39, 0.29) is 5.91 Å². The van der Waals surface area contributed by atoms with Crippen molar-refractivity contribution in [1.29, 1.82) is 0 Å². The van der Waals surface area contributed by atoms with Gasteiger partial charge in [-0.3, -0.25) is 4.79 Å². The molecule has 24 heavy (non-hydrogen) atoms. The van der Waals surface area contributed by atoms with E-state index in [1.807, 2.05) is 11.9 Å². The number of halogens is 1. The third kappa shape index (κ3) is 4.54. The standard InChI is InChI=1S/C18H27ClN2O3/c1-4-5-10-24-17-15(19)11-13(12-16(17)23-3)18(22)21-8-6-14(20-2)7-9-21/h11-12,14,20H,4-10H2,1-3H3. The molecule has 134 valence electrons. The Morgan fingerprint density at radius 1 is 1.38 bits per heavy atom. The number of ether oxygens (including phenoxy) is 2. The quantitative estimate of drug-likeness (QED) is 0.763. The van der Waals surface area contributed by atoms with Crippen molar-refractivity contribution in [3.8, 4) is 11.5 Å². The van der Waals surface area contributed by atoms with Crippen LogP contribution in [0.1, 0.15) is 43.0 Å². The molecule has 1 saturated heterocycles. The summed E-state index contributed by atoms with van der Waals surface area (Å²) < 4.78 is 11.1. The maximum absolute atomic E-state index is 12.7. The fourth-order valence-corrected chi connectivity index (χ4v) is 3.12. The van der Waals surface area contributed by atoms with Crippen LogP contribution in [-0.4, -0.2) is 50.7 Å². The van der Waals surface area contributed by atoms with Gasteiger partial charge in [-0.2, -0.15) is 0 Å². The van der Waals surface area contributed by atoms with Gasteiger partial charge < -0.3 is 19.7 Å². The van der Waals surface area contributed by atoms with Gasteiger partial charge in [0, 0.05) is 24.7 Å². The summed E-state index contributed by atoms with van der Waals surface area (Å²) in [7, 11) is 3.52. The number of nitrogens with one attached hydrogen (secondary N) is 1. The van der Waals surface area contributed by atoms with Crippen LogP contribution in [0.5, 0.6) is 11.5 Å². The first-order valence-electron chi connectivity index (χ1n) is 8.57. The minimum Gasteiger partial charge on any atom is -0.493 e. The van der Waals surface area contributed by atoms with E-state index in [9.17, 15) is 4.79 Å². The normalized spacial score (nSPS) is 15.4. The van der Waals surface area contributed by atoms with E-state index in [0.29, 0.717) is 34.7 Å². The number of piperidine rings is 1. The molecule has 1 aromatic rings. The van der Waals surface area contributed by atoms with Crippen LogP contribution in [0.3, 0.4) is 0 Å². The topological polar surface area (TPSA) is 50.8 Å². The van der Waals surface area contributed by atoms with Gasteiger partial charge in [0.05, 0.1) is 18.7 Å². The largest absolute Gasteiger partial charge is 0.493 e. The van der Waals surface area contributed by atoms with Gasteiger partial charge in [0.25, 0.3) is 5.91 Å². The summed E-state index contributed by atoms with van der Waals surface area (Å²) >= 11 is 6.34. The van der Waals surface area contributed by atoms with E-state index in [2.05, 4.69) is 12.2 Å². The van der Waals surface area contributed by atoms with Crippen molar-refractivity contribution in [2.24, 2.45) is 0 Å². The lowest BCUT2D eigenvalue weighted by atomic mass is 10.0. The van der Waals surface area contributed by atoms with Gasteiger partial charge in [-0.05, 0) is 38.4 Å². The number of hydrogen-bond donors (Lipinski definition) is 1. The third-order valence-corrected chi connectivity index (χ3v) is 4.69. The zero-order valence-corrected chi connectivity index (χ0v) is 15.5. The molecular weight excluding hydrogens is 328 g/mol. The van der Waals surface area contributed by atoms with Crippen LogP contribution < -0.4 is 14.8 Å². The summed E-state index contributed by atoms with van der Waals surface area (Å²) in [5.41, 5.74) is 0.544. The lowest BCUT2D eigenvalue weighted by Gasteiger charge is -2.32. The molecule has 1 aliphatic rings. The monoisotopic (exact) mass is 354 g/mol. The van der Waals surface area contributed by atoms with Crippen molar-refractivity contribution in [3.63, 3.8) is 0 Å². The highest BCUT2D eigenvalue weighted by Crippen LogP contribution is 2.37. The summed E-state index contributed by atoms with van der Waals surface area (Å²) in [6.45, 7) is 4.18. The molecule has 1 aromatic carbocycles. The van der Waals surface area contributed by atoms with Crippen molar-refractivity contribution in [1.82, 2.24) is 10.2 Å². The fraction of sp³-hybridized carbons (Fsp3) is 0.611. The Bertz CT molecular complexity index is 557. The molecule has 0 saturated carbocycles. The van der Waals surface area contributed by atoms with Crippen molar-refractivity contribution in [2.45, 2.75) is 38.6 Å². The van der Waals surface area contributed by atoms with Gasteiger partial charge >= 0.3 is 0 Å². The average Bonchev–Trinajstić information content (AvgIpc) is 2.62. The van der Waals surface area contributed by atoms with Gasteiger partial charge in [0.15, 0.2) is 11.5 Å². The van der Waals surface area contributed by atoms with E-state index in [1.54, 1.807) is 19.2 Å². The highest BCUT2D eigenvalue weighted by molar-refractivity contribution is 6.32. The molecule has 0 aromatic heterocycles. The number of benzene rings is 1. The molecule has 5 nitrogen and oxygen atoms in total. The number of rotatable bonds is 7. The number of carbonyl (C=O) groups excluding carboxylic acids is 1. The lowest BCUT2D eigenvalue weighted by Crippen LogP contribution is -2.43. The van der Waals surface area contributed by atoms with Crippen molar-refractivity contribution in [2.75, 3.05) is 33.9 Å². The third-order valence-electron chi connectivity index (χ3n) is 4.41. The van der Waals surface area contributed by atoms with E-state index < -0.39 is 0 Å². The molecule has 0 aliphatic carbocycles. The van der Waals surface area contributed by atoms with E-state index >= 15 is 0 Å². The summed E-state index contributed by atoms with van der Waals surface area (Å²) in [5, 5.41) is 3.68. The number of amides is 1. The number of methoxy groups -OCH3 is 1. The number of nitrogens with zero attached hydrogens (tertiary/aromatic N) is 1. The zero-order chi connectivity index (χ0) is 17.5. The first-order chi connectivity index (χ1) is 11.6. The Hall–Kier alpha value is -1.46. The SMILES string of the molecule is CCCCOc1c(Cl)cc(C(=O)N2CCC(NC)CC2)cc1OC. The van der Waals surface area contributed by atoms with Crippen molar-refractivity contribution >= 4 is 17.5 Å². The van der Waals surface area contributed by atoms with Gasteiger partial charge in [-0.15, -0.1) is 0 Å². The molecule has 0 unspecified atom stereocenters. The molecule has 0 atom stereocenters. The average molecular weight is 355 g/mol. The summed E-state index contributed by atoms with van der Waals surface area (Å²) in [5.74, 6) is 1.01. The Morgan fingerprint density at radius 2 is 2.08 bits per heavy atom. The minimum absolute atomic E-state index is 0.00939. The second kappa shape index (κ2) is 9.14. The van der Waals surface area contributed by atoms with E-state index in [4.69, 9.17) is 21.1 Å². The number of likely N-dealkylation sites (tertiary alicyclic amines) is 1. The van der Waals surface area contributed by atoms with Gasteiger partial charge in [-0.25, -0.2) is 0 Å². The molecule has 1 N–H and O–H groups in total. The summed E-state index contributed by atoms with van der Waals surface area (Å²) in [6, 6.07) is 3.89. The molecule has 0 radical (unpaired) electrons. The first-order valence-corrected chi connectivity index (χ1v) is 8.95. The van der Waals surface area contributed by atoms with Crippen molar-refractivity contribution < 1.29 is 14.3 Å². The van der Waals surface area contributed by atoms with Crippen LogP contribution in [0.25, 0.3) is 0 Å². The predicted octanol–water partition coefficient (Wildman–Crippen LogP) is 3.35. The van der Waals surface area contributed by atoms with Crippen LogP contribution in [0.15, 0.2) is 12.1 Å². The summed E-state index contributed by atoms with van der Waals surface area (Å²) in [6.07, 6.45) is 3.91. The Labute approximate surface area is 149 Å². The van der Waals surface area contributed by atoms with Gasteiger partial charge in [0.2, 0.25) is 0 Å². The molecule has 6 heteroatoms. The molecule has 0 spiro atoms. The van der Waals surface area contributed by atoms with Crippen LogP contribution in [0.2, 0.25) is 5.02 Å². The first kappa shape index (κ1) is 18.9. The fourth-order valence-electron chi connectivity index (χ4n) is 2.86. The number of carbonyl (C=O) groups is 1. The molecule has 1 aliphatic heterocycles. The Morgan fingerprint density at radius 3 is 2.67 bits per heavy atom. The molecule has 1 heterocycles. The molecule has 2 rings (SSSR count). The zero-order valence-electron chi connectivity index (χ0n) is 14.7. The highest BCUT2D eigenvalue weighted by Gasteiger charge is 2.24. The second-order valence-electron chi connectivity index (χ2n) is 6.05. The molecule has 1 fully saturated rings. The summed E-state index contributed by atoms with van der Waals surface area (Å²) in [4.78, 5) is 14.6. The molecule has 0 bridgehead atoms. The van der Waals surface area contributed by atoms with E-state index in [0.717, 1.165) is 38.8 Å². The second-order valence-corrected chi connectivity index (χ2v) is 6.45. The minimum atomic E-state index is -0.00939. The van der Waals surface area contributed by atoms with Crippen LogP contribution in [-0.2, 0) is 0 Å². The van der Waals surface area contributed by atoms with E-state index in [1.165, 1.54) is 0 Å². The van der Waals surface area contributed by atoms with Crippen LogP contribution >= 0.6 is 11.6 Å². The van der Waals surface area contributed by atoms with Crippen LogP contribution in [0.4, 0.5) is 0 Å². The number of hydrogen-bond acceptors (Lipinski definition) is 4. The molecular formula is C18H27ClN2O3. The predicted molar refractivity (Wildman–Crippen MR) is 96.4 cm³/mol. The van der Waals surface area contributed by atoms with Crippen molar-refractivity contribution in [3.05, 3.63) is 22.7 Å². The van der Waals surface area contributed by atoms with Gasteiger partial charge in [-0.1, -0.05) is 24.9 Å².